The van der Waals surface area contributed by atoms with E-state index in [0.717, 1.165) is 5.56 Å². The van der Waals surface area contributed by atoms with Gasteiger partial charge in [-0.3, -0.25) is 4.79 Å². The molecule has 1 aromatic heterocycles. The van der Waals surface area contributed by atoms with E-state index in [0.29, 0.717) is 11.3 Å². The smallest absolute Gasteiger partial charge is 0.323 e. The maximum atomic E-state index is 12.8. The third-order valence-corrected chi connectivity index (χ3v) is 5.65. The highest BCUT2D eigenvalue weighted by Crippen LogP contribution is 2.33. The largest absolute Gasteiger partial charge is 0.480 e. The number of nitrogens with zero attached hydrogens (tertiary/aromatic N) is 1. The predicted molar refractivity (Wildman–Crippen MR) is 82.6 cm³/mol. The molecular formula is C15H18N2O4S. The minimum Gasteiger partial charge on any atom is -0.480 e. The first kappa shape index (κ1) is 16.1. The second-order valence-corrected chi connectivity index (χ2v) is 7.11. The summed E-state index contributed by atoms with van der Waals surface area (Å²) in [5.74, 6) is -1.12. The lowest BCUT2D eigenvalue weighted by Crippen LogP contribution is -2.13. The van der Waals surface area contributed by atoms with Crippen molar-refractivity contribution in [3.05, 3.63) is 41.1 Å². The number of sulfone groups is 1. The normalized spacial score (nSPS) is 11.6. The second-order valence-electron chi connectivity index (χ2n) is 5.22. The highest BCUT2D eigenvalue weighted by atomic mass is 32.2. The summed E-state index contributed by atoms with van der Waals surface area (Å²) in [7, 11) is -3.79. The molecule has 0 bridgehead atoms. The Morgan fingerprint density at radius 1 is 1.18 bits per heavy atom. The zero-order chi connectivity index (χ0) is 16.7. The number of nitrogens with two attached hydrogens (primary N) is 1. The molecule has 0 aliphatic carbocycles. The fourth-order valence-corrected chi connectivity index (χ4v) is 4.04. The van der Waals surface area contributed by atoms with Gasteiger partial charge in [0.15, 0.2) is 0 Å². The topological polar surface area (TPSA) is 102 Å². The predicted octanol–water partition coefficient (Wildman–Crippen LogP) is 1.91. The molecule has 0 aliphatic heterocycles. The van der Waals surface area contributed by atoms with Crippen LogP contribution in [0, 0.1) is 20.8 Å². The summed E-state index contributed by atoms with van der Waals surface area (Å²) in [5.41, 5.74) is 7.88. The molecule has 0 radical (unpaired) electrons. The number of carboxylic acid groups (broad SMARTS) is 1. The summed E-state index contributed by atoms with van der Waals surface area (Å²) >= 11 is 0. The van der Waals surface area contributed by atoms with E-state index in [4.69, 9.17) is 10.8 Å². The average Bonchev–Trinajstić information content (AvgIpc) is 2.63. The van der Waals surface area contributed by atoms with Crippen LogP contribution in [-0.2, 0) is 21.2 Å². The van der Waals surface area contributed by atoms with Gasteiger partial charge in [-0.2, -0.15) is 0 Å². The van der Waals surface area contributed by atoms with Crippen LogP contribution in [0.25, 0.3) is 0 Å². The molecule has 0 atom stereocenters. The van der Waals surface area contributed by atoms with E-state index in [-0.39, 0.29) is 22.2 Å². The zero-order valence-corrected chi connectivity index (χ0v) is 13.4. The maximum absolute atomic E-state index is 12.8. The van der Waals surface area contributed by atoms with Crippen molar-refractivity contribution in [2.75, 3.05) is 5.73 Å². The maximum Gasteiger partial charge on any atom is 0.323 e. The molecule has 2 rings (SSSR count). The first-order valence-electron chi connectivity index (χ1n) is 6.65. The van der Waals surface area contributed by atoms with Crippen LogP contribution >= 0.6 is 0 Å². The van der Waals surface area contributed by atoms with Gasteiger partial charge in [0.2, 0.25) is 9.84 Å². The number of benzene rings is 1. The van der Waals surface area contributed by atoms with Crippen molar-refractivity contribution in [1.82, 2.24) is 4.57 Å². The number of carbonyl (C=O) groups is 1. The molecule has 22 heavy (non-hydrogen) atoms. The molecule has 7 heteroatoms. The van der Waals surface area contributed by atoms with Crippen LogP contribution < -0.4 is 5.73 Å². The van der Waals surface area contributed by atoms with Crippen molar-refractivity contribution in [3.63, 3.8) is 0 Å². The van der Waals surface area contributed by atoms with Gasteiger partial charge in [0.25, 0.3) is 0 Å². The number of aryl methyl sites for hydroxylation is 1. The Morgan fingerprint density at radius 3 is 2.23 bits per heavy atom. The van der Waals surface area contributed by atoms with E-state index in [1.54, 1.807) is 26.0 Å². The van der Waals surface area contributed by atoms with Gasteiger partial charge < -0.3 is 15.4 Å². The Bertz CT molecular complexity index is 833. The summed E-state index contributed by atoms with van der Waals surface area (Å²) in [5, 5.41) is 8.94. The lowest BCUT2D eigenvalue weighted by Gasteiger charge is -2.07. The van der Waals surface area contributed by atoms with Gasteiger partial charge >= 0.3 is 5.97 Å². The van der Waals surface area contributed by atoms with Crippen molar-refractivity contribution in [3.8, 4) is 0 Å². The molecular weight excluding hydrogens is 304 g/mol. The van der Waals surface area contributed by atoms with Crippen LogP contribution in [0.1, 0.15) is 16.8 Å². The minimum atomic E-state index is -3.79. The number of hydrogen-bond donors (Lipinski definition) is 2. The summed E-state index contributed by atoms with van der Waals surface area (Å²) in [4.78, 5) is 11.0. The molecule has 0 amide bonds. The molecule has 1 aromatic carbocycles. The minimum absolute atomic E-state index is 0.0184. The summed E-state index contributed by atoms with van der Waals surface area (Å²) in [6.07, 6.45) is 0. The van der Waals surface area contributed by atoms with Gasteiger partial charge in [0.1, 0.15) is 17.3 Å². The van der Waals surface area contributed by atoms with Crippen molar-refractivity contribution in [1.29, 1.82) is 0 Å². The van der Waals surface area contributed by atoms with Gasteiger partial charge in [0.05, 0.1) is 4.90 Å². The fraction of sp³-hybridized carbons (Fsp3) is 0.267. The Kier molecular flexibility index (Phi) is 4.02. The van der Waals surface area contributed by atoms with Crippen molar-refractivity contribution < 1.29 is 18.3 Å². The summed E-state index contributed by atoms with van der Waals surface area (Å²) < 4.78 is 26.9. The SMILES string of the molecule is Cc1ccc(S(=O)(=O)c2c(C)c(C)n(CC(=O)O)c2N)cc1. The van der Waals surface area contributed by atoms with Gasteiger partial charge in [-0.1, -0.05) is 17.7 Å². The van der Waals surface area contributed by atoms with Crippen LogP contribution in [-0.4, -0.2) is 24.1 Å². The Labute approximate surface area is 129 Å². The van der Waals surface area contributed by atoms with Crippen LogP contribution in [0.5, 0.6) is 0 Å². The van der Waals surface area contributed by atoms with Crippen molar-refractivity contribution in [2.24, 2.45) is 0 Å². The summed E-state index contributed by atoms with van der Waals surface area (Å²) in [6.45, 7) is 4.78. The number of aromatic nitrogens is 1. The van der Waals surface area contributed by atoms with Crippen molar-refractivity contribution >= 4 is 21.6 Å². The third-order valence-electron chi connectivity index (χ3n) is 3.70. The molecule has 118 valence electrons. The highest BCUT2D eigenvalue weighted by Gasteiger charge is 2.28. The Hall–Kier alpha value is -2.28. The first-order valence-corrected chi connectivity index (χ1v) is 8.13. The molecule has 6 nitrogen and oxygen atoms in total. The lowest BCUT2D eigenvalue weighted by molar-refractivity contribution is -0.137. The lowest BCUT2D eigenvalue weighted by atomic mass is 10.2. The molecule has 0 spiro atoms. The van der Waals surface area contributed by atoms with Crippen LogP contribution in [0.15, 0.2) is 34.1 Å². The average molecular weight is 322 g/mol. The van der Waals surface area contributed by atoms with Crippen LogP contribution in [0.2, 0.25) is 0 Å². The number of hydrogen-bond acceptors (Lipinski definition) is 4. The zero-order valence-electron chi connectivity index (χ0n) is 12.6. The first-order chi connectivity index (χ1) is 10.2. The number of anilines is 1. The van der Waals surface area contributed by atoms with E-state index in [9.17, 15) is 13.2 Å². The standard InChI is InChI=1S/C15H18N2O4S/c1-9-4-6-12(7-5-9)22(20,21)14-10(2)11(3)17(15(14)16)8-13(18)19/h4-7H,8,16H2,1-3H3,(H,18,19). The van der Waals surface area contributed by atoms with Gasteiger partial charge in [-0.15, -0.1) is 0 Å². The number of carboxylic acids is 1. The number of rotatable bonds is 4. The van der Waals surface area contributed by atoms with Gasteiger partial charge in [-0.25, -0.2) is 8.42 Å². The van der Waals surface area contributed by atoms with E-state index >= 15 is 0 Å². The van der Waals surface area contributed by atoms with Gasteiger partial charge in [0, 0.05) is 5.69 Å². The van der Waals surface area contributed by atoms with Crippen molar-refractivity contribution in [2.45, 2.75) is 37.1 Å². The molecule has 0 fully saturated rings. The van der Waals surface area contributed by atoms with E-state index in [1.165, 1.54) is 16.7 Å². The van der Waals surface area contributed by atoms with Crippen LogP contribution in [0.3, 0.4) is 0 Å². The summed E-state index contributed by atoms with van der Waals surface area (Å²) in [6, 6.07) is 6.46. The third kappa shape index (κ3) is 2.59. The Morgan fingerprint density at radius 2 is 1.73 bits per heavy atom. The fourth-order valence-electron chi connectivity index (χ4n) is 2.38. The molecule has 0 saturated carbocycles. The Balaban J connectivity index is 2.66. The molecule has 0 aliphatic rings. The highest BCUT2D eigenvalue weighted by molar-refractivity contribution is 7.91. The van der Waals surface area contributed by atoms with E-state index in [2.05, 4.69) is 0 Å². The number of nitrogen functional groups attached to an aromatic ring is 1. The quantitative estimate of drug-likeness (QED) is 0.895. The van der Waals surface area contributed by atoms with Gasteiger partial charge in [-0.05, 0) is 38.5 Å². The molecule has 0 saturated heterocycles. The second kappa shape index (κ2) is 5.49. The molecule has 1 heterocycles. The van der Waals surface area contributed by atoms with Crippen LogP contribution in [0.4, 0.5) is 5.82 Å². The van der Waals surface area contributed by atoms with E-state index < -0.39 is 15.8 Å². The van der Waals surface area contributed by atoms with E-state index in [1.807, 2.05) is 6.92 Å². The monoisotopic (exact) mass is 322 g/mol. The molecule has 3 N–H and O–H groups in total. The molecule has 0 unspecified atom stereocenters. The number of aliphatic carboxylic acids is 1. The molecule has 2 aromatic rings.